The molecule has 1 fully saturated rings. The van der Waals surface area contributed by atoms with Gasteiger partial charge in [0.1, 0.15) is 0 Å². The zero-order valence-electron chi connectivity index (χ0n) is 14.2. The van der Waals surface area contributed by atoms with Crippen molar-refractivity contribution in [2.45, 2.75) is 41.5 Å². The van der Waals surface area contributed by atoms with Gasteiger partial charge in [-0.25, -0.2) is 0 Å². The molecule has 1 saturated carbocycles. The van der Waals surface area contributed by atoms with Crippen molar-refractivity contribution in [3.05, 3.63) is 7.43 Å². The molecule has 1 aliphatic carbocycles. The minimum Gasteiger partial charge on any atom is -0.545 e. The Morgan fingerprint density at radius 2 is 0.750 bits per heavy atom. The smallest absolute Gasteiger partial charge is 0.545 e. The van der Waals surface area contributed by atoms with Crippen LogP contribution in [0.4, 0.5) is 0 Å². The van der Waals surface area contributed by atoms with E-state index in [0.717, 1.165) is 42.6 Å². The van der Waals surface area contributed by atoms with Gasteiger partial charge in [-0.1, -0.05) is 41.5 Å². The van der Waals surface area contributed by atoms with Gasteiger partial charge in [0.2, 0.25) is 0 Å². The van der Waals surface area contributed by atoms with E-state index in [1.807, 2.05) is 0 Å². The van der Waals surface area contributed by atoms with Crippen LogP contribution in [0.25, 0.3) is 0 Å². The molecular formula is C16H33IrO3. The fourth-order valence-corrected chi connectivity index (χ4v) is 3.05. The van der Waals surface area contributed by atoms with E-state index in [0.29, 0.717) is 0 Å². The molecule has 0 saturated heterocycles. The molecule has 124 valence electrons. The molecular weight excluding hydrogens is 432 g/mol. The number of rotatable bonds is 3. The molecule has 4 heteroatoms. The van der Waals surface area contributed by atoms with Crippen molar-refractivity contribution in [1.82, 2.24) is 0 Å². The summed E-state index contributed by atoms with van der Waals surface area (Å²) >= 11 is 0. The number of carbonyl (C=O) groups excluding carboxylic acids is 2. The van der Waals surface area contributed by atoms with Crippen LogP contribution in [-0.2, 0) is 29.7 Å². The fourth-order valence-electron chi connectivity index (χ4n) is 3.05. The van der Waals surface area contributed by atoms with E-state index in [1.165, 1.54) is 0 Å². The molecule has 0 atom stereocenters. The molecule has 3 nitrogen and oxygen atoms in total. The quantitative estimate of drug-likeness (QED) is 0.514. The summed E-state index contributed by atoms with van der Waals surface area (Å²) in [6.45, 7) is 20.8. The molecule has 1 aliphatic rings. The molecule has 0 spiro atoms. The molecule has 0 aliphatic heterocycles. The molecule has 0 radical (unpaired) electrons. The maximum absolute atomic E-state index is 7.75. The first-order valence-electron chi connectivity index (χ1n) is 6.38. The minimum atomic E-state index is 0. The first kappa shape index (κ1) is 32.1. The first-order chi connectivity index (χ1) is 8.46. The summed E-state index contributed by atoms with van der Waals surface area (Å²) in [6.07, 6.45) is 0. The standard InChI is InChI=1S/C12H24.CH4O.2CHO.CH3.Ir/c1-7(2)10-11(8(3)4)12(10)9(5)6;3*1-2;;/h7-12H,1-6H3;2H,1H3;2*1H;1H3;/q;;3*-1;+3. The van der Waals surface area contributed by atoms with Crippen LogP contribution in [0.1, 0.15) is 41.5 Å². The second-order valence-corrected chi connectivity index (χ2v) is 5.46. The third kappa shape index (κ3) is 10.7. The summed E-state index contributed by atoms with van der Waals surface area (Å²) in [5, 5.41) is 7.00. The van der Waals surface area contributed by atoms with E-state index in [-0.39, 0.29) is 27.5 Å². The van der Waals surface area contributed by atoms with Crippen LogP contribution in [0.15, 0.2) is 0 Å². The molecule has 0 heterocycles. The molecule has 0 bridgehead atoms. The van der Waals surface area contributed by atoms with Gasteiger partial charge in [0, 0.05) is 7.11 Å². The molecule has 1 N–H and O–H groups in total. The van der Waals surface area contributed by atoms with Crippen molar-refractivity contribution < 1.29 is 34.8 Å². The molecule has 0 aromatic carbocycles. The second kappa shape index (κ2) is 18.9. The van der Waals surface area contributed by atoms with E-state index in [9.17, 15) is 0 Å². The van der Waals surface area contributed by atoms with Crippen molar-refractivity contribution in [3.8, 4) is 0 Å². The predicted molar refractivity (Wildman–Crippen MR) is 83.0 cm³/mol. The average molecular weight is 466 g/mol. The van der Waals surface area contributed by atoms with Crippen LogP contribution in [0.5, 0.6) is 0 Å². The Bertz CT molecular complexity index is 148. The van der Waals surface area contributed by atoms with Crippen LogP contribution < -0.4 is 0 Å². The van der Waals surface area contributed by atoms with E-state index in [1.54, 1.807) is 0 Å². The van der Waals surface area contributed by atoms with Gasteiger partial charge in [0.15, 0.2) is 0 Å². The SMILES string of the molecule is CC(C)C1C(C(C)C)C1C(C)C.CO.[CH-]=O.[CH-]=O.[CH3-].[Ir+3]. The van der Waals surface area contributed by atoms with Crippen LogP contribution >= 0.6 is 0 Å². The molecule has 0 amide bonds. The van der Waals surface area contributed by atoms with Crippen molar-refractivity contribution in [3.63, 3.8) is 0 Å². The zero-order valence-corrected chi connectivity index (χ0v) is 16.6. The summed E-state index contributed by atoms with van der Waals surface area (Å²) in [5.74, 6) is 5.74. The summed E-state index contributed by atoms with van der Waals surface area (Å²) in [7, 11) is 1.00. The van der Waals surface area contributed by atoms with Crippen LogP contribution in [0.3, 0.4) is 0 Å². The fraction of sp³-hybridized carbons (Fsp3) is 0.812. The van der Waals surface area contributed by atoms with Gasteiger partial charge < -0.3 is 22.1 Å². The molecule has 20 heavy (non-hydrogen) atoms. The van der Waals surface area contributed by atoms with Gasteiger partial charge in [0.05, 0.1) is 0 Å². The van der Waals surface area contributed by atoms with E-state index in [4.69, 9.17) is 14.7 Å². The number of hydrogen-bond acceptors (Lipinski definition) is 3. The third-order valence-corrected chi connectivity index (χ3v) is 3.50. The number of aliphatic hydroxyl groups excluding tert-OH is 1. The van der Waals surface area contributed by atoms with Crippen molar-refractivity contribution in [1.29, 1.82) is 0 Å². The summed E-state index contributed by atoms with van der Waals surface area (Å²) in [5.41, 5.74) is 0. The van der Waals surface area contributed by atoms with E-state index >= 15 is 0 Å². The zero-order chi connectivity index (χ0) is 15.5. The van der Waals surface area contributed by atoms with Crippen LogP contribution in [-0.4, -0.2) is 25.8 Å². The number of hydrogen-bond donors (Lipinski definition) is 1. The second-order valence-electron chi connectivity index (χ2n) is 5.46. The molecule has 1 rings (SSSR count). The minimum absolute atomic E-state index is 0. The van der Waals surface area contributed by atoms with Crippen molar-refractivity contribution in [2.24, 2.45) is 35.5 Å². The largest absolute Gasteiger partial charge is 3.00 e. The Morgan fingerprint density at radius 1 is 0.650 bits per heavy atom. The molecule has 0 aromatic rings. The maximum atomic E-state index is 7.75. The normalized spacial score (nSPS) is 21.9. The van der Waals surface area contributed by atoms with Crippen LogP contribution in [0.2, 0.25) is 0 Å². The Morgan fingerprint density at radius 3 is 0.800 bits per heavy atom. The summed E-state index contributed by atoms with van der Waals surface area (Å²) < 4.78 is 0. The Hall–Kier alpha value is -0.0506. The Kier molecular flexibility index (Phi) is 30.4. The third-order valence-electron chi connectivity index (χ3n) is 3.50. The van der Waals surface area contributed by atoms with Gasteiger partial charge in [-0.15, -0.1) is 0 Å². The summed E-state index contributed by atoms with van der Waals surface area (Å²) in [6, 6.07) is 0. The van der Waals surface area contributed by atoms with Crippen LogP contribution in [0, 0.1) is 42.9 Å². The topological polar surface area (TPSA) is 54.4 Å². The Balaban J connectivity index is -0.0000000833. The van der Waals surface area contributed by atoms with E-state index in [2.05, 4.69) is 55.1 Å². The number of aliphatic hydroxyl groups is 1. The van der Waals surface area contributed by atoms with Gasteiger partial charge in [-0.3, -0.25) is 13.6 Å². The van der Waals surface area contributed by atoms with Gasteiger partial charge in [-0.05, 0) is 35.5 Å². The Labute approximate surface area is 140 Å². The maximum Gasteiger partial charge on any atom is 3.00 e. The van der Waals surface area contributed by atoms with Gasteiger partial charge >= 0.3 is 20.1 Å². The summed E-state index contributed by atoms with van der Waals surface area (Å²) in [4.78, 5) is 15.5. The molecule has 0 unspecified atom stereocenters. The predicted octanol–water partition coefficient (Wildman–Crippen LogP) is 3.32. The first-order valence-corrected chi connectivity index (χ1v) is 6.38. The van der Waals surface area contributed by atoms with Crippen molar-refractivity contribution in [2.75, 3.05) is 7.11 Å². The van der Waals surface area contributed by atoms with E-state index < -0.39 is 0 Å². The monoisotopic (exact) mass is 466 g/mol. The van der Waals surface area contributed by atoms with Gasteiger partial charge in [0.25, 0.3) is 0 Å². The molecule has 0 aromatic heterocycles. The average Bonchev–Trinajstić information content (AvgIpc) is 3.12. The van der Waals surface area contributed by atoms with Crippen molar-refractivity contribution >= 4 is 13.6 Å². The van der Waals surface area contributed by atoms with Gasteiger partial charge in [-0.2, -0.15) is 0 Å².